The minimum absolute atomic E-state index is 0.733. The van der Waals surface area contributed by atoms with Crippen LogP contribution >= 0.6 is 0 Å². The number of hydrogen-bond acceptors (Lipinski definition) is 36. The molecule has 23 N–H and O–H groups in total. The van der Waals surface area contributed by atoms with Crippen LogP contribution in [0.4, 0.5) is 0 Å². The summed E-state index contributed by atoms with van der Waals surface area (Å²) in [6, 6.07) is -3.34. The van der Waals surface area contributed by atoms with Gasteiger partial charge in [-0.15, -0.1) is 0 Å². The van der Waals surface area contributed by atoms with E-state index in [0.717, 1.165) is 13.8 Å². The van der Waals surface area contributed by atoms with Gasteiger partial charge in [-0.1, -0.05) is 0 Å². The number of carbonyl (C=O) groups excluding carboxylic acids is 2. The van der Waals surface area contributed by atoms with E-state index in [9.17, 15) is 117 Å². The molecule has 0 saturated carbocycles. The normalized spacial score (nSPS) is 50.3. The lowest BCUT2D eigenvalue weighted by molar-refractivity contribution is -0.408. The Balaban J connectivity index is 1.18. The van der Waals surface area contributed by atoms with Crippen LogP contribution in [0.5, 0.6) is 0 Å². The molecule has 7 rings (SSSR count). The largest absolute Gasteiger partial charge is 0.394 e. The minimum Gasteiger partial charge on any atom is -0.394 e. The molecule has 7 heterocycles. The van der Waals surface area contributed by atoms with Crippen LogP contribution in [0.15, 0.2) is 0 Å². The molecular weight excluding hydrogens is 1160 g/mol. The Morgan fingerprint density at radius 1 is 0.310 bits per heavy atom. The van der Waals surface area contributed by atoms with E-state index in [2.05, 4.69) is 10.6 Å². The molecule has 7 saturated heterocycles. The van der Waals surface area contributed by atoms with Crippen molar-refractivity contribution in [2.75, 3.05) is 46.2 Å². The first-order valence-corrected chi connectivity index (χ1v) is 26.6. The second-order valence-corrected chi connectivity index (χ2v) is 21.1. The molecule has 0 aromatic heterocycles. The van der Waals surface area contributed by atoms with Crippen LogP contribution in [0.1, 0.15) is 13.8 Å². The van der Waals surface area contributed by atoms with E-state index in [1.807, 2.05) is 0 Å². The summed E-state index contributed by atoms with van der Waals surface area (Å²) in [6.45, 7) is -4.97. The molecule has 0 spiro atoms. The molecule has 84 heavy (non-hydrogen) atoms. The van der Waals surface area contributed by atoms with E-state index >= 15 is 0 Å². The summed E-state index contributed by atoms with van der Waals surface area (Å²) in [4.78, 5) is 24.5. The van der Waals surface area contributed by atoms with Gasteiger partial charge in [0, 0.05) is 13.8 Å². The lowest BCUT2D eigenvalue weighted by atomic mass is 9.94. The van der Waals surface area contributed by atoms with E-state index in [-0.39, 0.29) is 0 Å². The van der Waals surface area contributed by atoms with Gasteiger partial charge in [0.15, 0.2) is 44.0 Å². The Bertz CT molecular complexity index is 2060. The zero-order valence-electron chi connectivity index (χ0n) is 44.7. The van der Waals surface area contributed by atoms with Crippen LogP contribution in [-0.4, -0.2) is 380 Å². The van der Waals surface area contributed by atoms with Crippen LogP contribution in [0.3, 0.4) is 0 Å². The van der Waals surface area contributed by atoms with Crippen molar-refractivity contribution in [1.82, 2.24) is 10.6 Å². The van der Waals surface area contributed by atoms with Gasteiger partial charge in [-0.2, -0.15) is 0 Å². The average Bonchev–Trinajstić information content (AvgIpc) is 1.85. The SMILES string of the molecule is CC(=O)N[C@@H]1[C@@H](O)[C@H](O[C@@H]2O[C@H](CO)[C@@H](O[C@H]3O[C@H](CO)[C@@H](O)[C@H](O[C@H]4O[C@H](CO[C@H]5O[C@H](CO)[C@@H](O)[C@H](O)[C@@H]5O)[C@@H](O)[C@H](O)[C@@H]4O[C@H]4O[C@H](CO)[C@@H](O)[C@H](O)[C@@H]4O[C@H]4O[C@H](CO)[C@@H](O)[C@H](O)[C@@H]4O)[C@@H]3O)[C@H](O)[C@H]2NC(C)=O)[C@@H](CO)O[C@H]1O. The predicted octanol–water partition coefficient (Wildman–Crippen LogP) is -16.0. The highest BCUT2D eigenvalue weighted by molar-refractivity contribution is 5.73. The first kappa shape index (κ1) is 69.1. The van der Waals surface area contributed by atoms with Crippen LogP contribution < -0.4 is 10.6 Å². The van der Waals surface area contributed by atoms with Crippen LogP contribution in [-0.2, 0) is 71.2 Å². The summed E-state index contributed by atoms with van der Waals surface area (Å²) in [5, 5.41) is 232. The second-order valence-electron chi connectivity index (χ2n) is 21.1. The summed E-state index contributed by atoms with van der Waals surface area (Å²) in [5.74, 6) is -1.59. The van der Waals surface area contributed by atoms with Crippen LogP contribution in [0.2, 0.25) is 0 Å². The first-order valence-electron chi connectivity index (χ1n) is 26.6. The standard InChI is InChI=1S/C46H78N2O36/c1-10(55)47-19-26(62)35(16(7-53)73-40(19)71)80-41-20(48-11(2)56)27(63)36(17(8-54)78-41)81-44-34(70)37(25(61)15(6-52)76-44)82-46-39(31(67)24(60)18(79-46)9-72-42-32(68)28(64)21(57)12(3-49)74-42)84-45-38(30(66)23(59)14(5-51)77-45)83-43-33(69)29(65)22(58)13(4-50)75-43/h12-46,49-54,57-71H,3-9H2,1-2H3,(H,47,55)(H,48,56)/t12-,13-,14-,15-,16-,17-,18-,19-,20-,21-,22-,23-,24-,25-,26-,27-,28+,29+,30+,31+,32+,33+,34+,35-,36-,37+,38+,39+,40-,41+,42+,43-,44-,45-,46-/m1/s1. The Morgan fingerprint density at radius 3 is 1.14 bits per heavy atom. The molecular formula is C46H78N2O36. The van der Waals surface area contributed by atoms with Gasteiger partial charge >= 0.3 is 0 Å². The molecule has 0 aromatic carbocycles. The smallest absolute Gasteiger partial charge is 0.217 e. The summed E-state index contributed by atoms with van der Waals surface area (Å²) >= 11 is 0. The van der Waals surface area contributed by atoms with Crippen molar-refractivity contribution in [3.8, 4) is 0 Å². The van der Waals surface area contributed by atoms with Crippen LogP contribution in [0.25, 0.3) is 0 Å². The highest BCUT2D eigenvalue weighted by Crippen LogP contribution is 2.38. The van der Waals surface area contributed by atoms with Crippen molar-refractivity contribution in [2.45, 2.75) is 229 Å². The van der Waals surface area contributed by atoms with Crippen molar-refractivity contribution >= 4 is 11.8 Å². The maximum atomic E-state index is 12.6. The molecule has 0 unspecified atom stereocenters. The van der Waals surface area contributed by atoms with Gasteiger partial charge in [-0.05, 0) is 0 Å². The second kappa shape index (κ2) is 29.9. The Morgan fingerprint density at radius 2 is 0.643 bits per heavy atom. The maximum absolute atomic E-state index is 12.6. The van der Waals surface area contributed by atoms with Crippen molar-refractivity contribution in [3.05, 3.63) is 0 Å². The van der Waals surface area contributed by atoms with Crippen molar-refractivity contribution < 1.29 is 178 Å². The molecule has 0 aromatic rings. The molecule has 0 radical (unpaired) electrons. The predicted molar refractivity (Wildman–Crippen MR) is 255 cm³/mol. The lowest BCUT2D eigenvalue weighted by Gasteiger charge is -2.51. The van der Waals surface area contributed by atoms with E-state index in [1.54, 1.807) is 0 Å². The molecule has 0 aliphatic carbocycles. The minimum atomic E-state index is -2.39. The molecule has 0 bridgehead atoms. The summed E-state index contributed by atoms with van der Waals surface area (Å²) in [5.41, 5.74) is 0. The fourth-order valence-electron chi connectivity index (χ4n) is 10.7. The van der Waals surface area contributed by atoms with Crippen molar-refractivity contribution in [1.29, 1.82) is 0 Å². The Labute approximate surface area is 475 Å². The number of rotatable bonds is 21. The zero-order valence-corrected chi connectivity index (χ0v) is 44.7. The van der Waals surface area contributed by atoms with Crippen LogP contribution in [0, 0.1) is 0 Å². The highest BCUT2D eigenvalue weighted by atomic mass is 16.8. The monoisotopic (exact) mass is 1230 g/mol. The average molecular weight is 1240 g/mol. The third kappa shape index (κ3) is 14.7. The molecule has 2 amide bonds. The summed E-state index contributed by atoms with van der Waals surface area (Å²) < 4.78 is 74.8. The van der Waals surface area contributed by atoms with E-state index in [0.29, 0.717) is 0 Å². The van der Waals surface area contributed by atoms with Gasteiger partial charge in [0.1, 0.15) is 171 Å². The number of ether oxygens (including phenoxy) is 13. The molecule has 7 fully saturated rings. The third-order valence-electron chi connectivity index (χ3n) is 15.3. The number of amides is 2. The summed E-state index contributed by atoms with van der Waals surface area (Å²) in [6.07, 6.45) is -66.3. The highest BCUT2D eigenvalue weighted by Gasteiger charge is 2.59. The van der Waals surface area contributed by atoms with Gasteiger partial charge in [0.2, 0.25) is 11.8 Å². The fraction of sp³-hybridized carbons (Fsp3) is 0.957. The van der Waals surface area contributed by atoms with E-state index in [4.69, 9.17) is 61.6 Å². The fourth-order valence-corrected chi connectivity index (χ4v) is 10.7. The maximum Gasteiger partial charge on any atom is 0.217 e. The summed E-state index contributed by atoms with van der Waals surface area (Å²) in [7, 11) is 0. The van der Waals surface area contributed by atoms with Crippen molar-refractivity contribution in [2.24, 2.45) is 0 Å². The molecule has 38 heteroatoms. The molecule has 488 valence electrons. The number of nitrogens with one attached hydrogen (secondary N) is 2. The number of hydrogen-bond donors (Lipinski definition) is 23. The number of aliphatic hydroxyl groups is 21. The Hall–Kier alpha value is -2.42. The van der Waals surface area contributed by atoms with Crippen molar-refractivity contribution in [3.63, 3.8) is 0 Å². The van der Waals surface area contributed by atoms with Gasteiger partial charge in [0.25, 0.3) is 0 Å². The van der Waals surface area contributed by atoms with Gasteiger partial charge in [-0.25, -0.2) is 0 Å². The van der Waals surface area contributed by atoms with Gasteiger partial charge < -0.3 is 179 Å². The number of aliphatic hydroxyl groups excluding tert-OH is 21. The lowest BCUT2D eigenvalue weighted by Crippen LogP contribution is -2.70. The quantitative estimate of drug-likeness (QED) is 0.0507. The van der Waals surface area contributed by atoms with E-state index in [1.165, 1.54) is 0 Å². The molecule has 7 aliphatic rings. The Kier molecular flexibility index (Phi) is 24.6. The van der Waals surface area contributed by atoms with E-state index < -0.39 is 273 Å². The molecule has 7 aliphatic heterocycles. The van der Waals surface area contributed by atoms with Gasteiger partial charge in [-0.3, -0.25) is 9.59 Å². The van der Waals surface area contributed by atoms with Gasteiger partial charge in [0.05, 0.1) is 46.2 Å². The third-order valence-corrected chi connectivity index (χ3v) is 15.3. The number of carbonyl (C=O) groups is 2. The molecule has 38 nitrogen and oxygen atoms in total. The first-order chi connectivity index (χ1) is 39.7. The molecule has 35 atom stereocenters. The topological polar surface area (TPSA) is 603 Å². The zero-order chi connectivity index (χ0) is 61.9.